The number of amides is 1. The maximum atomic E-state index is 13.1. The summed E-state index contributed by atoms with van der Waals surface area (Å²) in [4.78, 5) is 12.9. The minimum Gasteiger partial charge on any atom is -0.450 e. The van der Waals surface area contributed by atoms with Crippen molar-refractivity contribution >= 4 is 16.9 Å². The number of rotatable bonds is 4. The summed E-state index contributed by atoms with van der Waals surface area (Å²) in [5.41, 5.74) is 5.46. The van der Waals surface area contributed by atoms with Gasteiger partial charge in [-0.25, -0.2) is 4.39 Å². The zero-order chi connectivity index (χ0) is 19.7. The summed E-state index contributed by atoms with van der Waals surface area (Å²) >= 11 is 0. The van der Waals surface area contributed by atoms with E-state index in [4.69, 9.17) is 4.42 Å². The van der Waals surface area contributed by atoms with E-state index in [1.165, 1.54) is 12.1 Å². The van der Waals surface area contributed by atoms with Crippen LogP contribution < -0.4 is 5.32 Å². The molecule has 3 nitrogen and oxygen atoms in total. The van der Waals surface area contributed by atoms with Gasteiger partial charge in [0.2, 0.25) is 5.76 Å². The average molecular weight is 373 g/mol. The first kappa shape index (κ1) is 18.0. The van der Waals surface area contributed by atoms with Gasteiger partial charge in [0.1, 0.15) is 11.4 Å². The van der Waals surface area contributed by atoms with Crippen LogP contribution in [0.15, 0.2) is 71.1 Å². The van der Waals surface area contributed by atoms with Crippen molar-refractivity contribution in [2.24, 2.45) is 0 Å². The fourth-order valence-corrected chi connectivity index (χ4v) is 3.24. The highest BCUT2D eigenvalue weighted by Crippen LogP contribution is 2.35. The van der Waals surface area contributed by atoms with Gasteiger partial charge < -0.3 is 9.73 Å². The number of benzene rings is 3. The number of aryl methyl sites for hydroxylation is 2. The van der Waals surface area contributed by atoms with E-state index in [9.17, 15) is 9.18 Å². The molecule has 0 aliphatic carbocycles. The molecule has 140 valence electrons. The van der Waals surface area contributed by atoms with Gasteiger partial charge in [-0.1, -0.05) is 53.6 Å². The molecule has 1 amide bonds. The van der Waals surface area contributed by atoms with Crippen LogP contribution in [0.5, 0.6) is 0 Å². The monoisotopic (exact) mass is 373 g/mol. The third-order valence-electron chi connectivity index (χ3n) is 4.76. The number of fused-ring (bicyclic) bond motifs is 1. The molecule has 1 N–H and O–H groups in total. The molecule has 4 rings (SSSR count). The molecule has 0 saturated heterocycles. The predicted octanol–water partition coefficient (Wildman–Crippen LogP) is 5.79. The van der Waals surface area contributed by atoms with Crippen LogP contribution in [-0.4, -0.2) is 5.91 Å². The van der Waals surface area contributed by atoms with Crippen LogP contribution in [-0.2, 0) is 6.54 Å². The molecule has 0 spiro atoms. The van der Waals surface area contributed by atoms with Crippen LogP contribution in [0.4, 0.5) is 4.39 Å². The molecular weight excluding hydrogens is 353 g/mol. The van der Waals surface area contributed by atoms with Crippen molar-refractivity contribution in [3.05, 3.63) is 95.0 Å². The summed E-state index contributed by atoms with van der Waals surface area (Å²) in [6, 6.07) is 20.0. The van der Waals surface area contributed by atoms with E-state index in [0.29, 0.717) is 12.1 Å². The van der Waals surface area contributed by atoms with Crippen molar-refractivity contribution in [3.8, 4) is 11.1 Å². The maximum absolute atomic E-state index is 13.1. The number of nitrogens with one attached hydrogen (secondary N) is 1. The minimum atomic E-state index is -0.301. The topological polar surface area (TPSA) is 42.2 Å². The molecular formula is C24H20FNO2. The molecule has 0 aliphatic heterocycles. The Labute approximate surface area is 162 Å². The average Bonchev–Trinajstić information content (AvgIpc) is 3.06. The molecule has 0 aliphatic rings. The molecule has 28 heavy (non-hydrogen) atoms. The second kappa shape index (κ2) is 7.31. The first-order valence-electron chi connectivity index (χ1n) is 9.14. The Morgan fingerprint density at radius 2 is 1.61 bits per heavy atom. The second-order valence-electron chi connectivity index (χ2n) is 6.98. The van der Waals surface area contributed by atoms with Crippen LogP contribution in [0.3, 0.4) is 0 Å². The third-order valence-corrected chi connectivity index (χ3v) is 4.76. The summed E-state index contributed by atoms with van der Waals surface area (Å²) in [6.07, 6.45) is 0. The number of carbonyl (C=O) groups is 1. The smallest absolute Gasteiger partial charge is 0.287 e. The lowest BCUT2D eigenvalue weighted by molar-refractivity contribution is 0.0926. The Balaban J connectivity index is 1.72. The number of carbonyl (C=O) groups excluding carboxylic acids is 1. The Kier molecular flexibility index (Phi) is 4.70. The highest BCUT2D eigenvalue weighted by molar-refractivity contribution is 6.08. The van der Waals surface area contributed by atoms with Crippen LogP contribution in [0, 0.1) is 19.7 Å². The first-order chi connectivity index (χ1) is 13.5. The molecule has 1 heterocycles. The molecule has 1 aromatic heterocycles. The molecule has 0 fully saturated rings. The predicted molar refractivity (Wildman–Crippen MR) is 109 cm³/mol. The van der Waals surface area contributed by atoms with Crippen LogP contribution in [0.2, 0.25) is 0 Å². The van der Waals surface area contributed by atoms with Gasteiger partial charge in [-0.2, -0.15) is 0 Å². The SMILES string of the molecule is Cc1ccc(-c2c(C(=O)NCc3ccc(F)cc3)oc3ccc(C)cc23)cc1. The Morgan fingerprint density at radius 3 is 2.32 bits per heavy atom. The molecule has 0 saturated carbocycles. The summed E-state index contributed by atoms with van der Waals surface area (Å²) in [6.45, 7) is 4.33. The largest absolute Gasteiger partial charge is 0.450 e. The van der Waals surface area contributed by atoms with Gasteiger partial charge in [-0.15, -0.1) is 0 Å². The van der Waals surface area contributed by atoms with E-state index in [1.54, 1.807) is 12.1 Å². The Morgan fingerprint density at radius 1 is 0.929 bits per heavy atom. The highest BCUT2D eigenvalue weighted by Gasteiger charge is 2.22. The van der Waals surface area contributed by atoms with E-state index in [-0.39, 0.29) is 17.5 Å². The standard InChI is InChI=1S/C24H20FNO2/c1-15-3-8-18(9-4-15)22-20-13-16(2)5-12-21(20)28-23(22)24(27)26-14-17-6-10-19(25)11-7-17/h3-13H,14H2,1-2H3,(H,26,27). The molecule has 0 atom stereocenters. The molecule has 4 heteroatoms. The lowest BCUT2D eigenvalue weighted by Gasteiger charge is -2.07. The van der Waals surface area contributed by atoms with Gasteiger partial charge >= 0.3 is 0 Å². The summed E-state index contributed by atoms with van der Waals surface area (Å²) in [7, 11) is 0. The summed E-state index contributed by atoms with van der Waals surface area (Å²) < 4.78 is 19.0. The normalized spacial score (nSPS) is 11.0. The summed E-state index contributed by atoms with van der Waals surface area (Å²) in [5, 5.41) is 3.79. The van der Waals surface area contributed by atoms with Gasteiger partial charge in [-0.05, 0) is 49.2 Å². The van der Waals surface area contributed by atoms with Crippen molar-refractivity contribution in [2.45, 2.75) is 20.4 Å². The van der Waals surface area contributed by atoms with Crippen molar-refractivity contribution < 1.29 is 13.6 Å². The number of hydrogen-bond acceptors (Lipinski definition) is 2. The van der Waals surface area contributed by atoms with Gasteiger partial charge in [0.25, 0.3) is 5.91 Å². The van der Waals surface area contributed by atoms with Gasteiger partial charge in [0, 0.05) is 17.5 Å². The van der Waals surface area contributed by atoms with Crippen molar-refractivity contribution in [1.82, 2.24) is 5.32 Å². The lowest BCUT2D eigenvalue weighted by Crippen LogP contribution is -2.22. The molecule has 0 unspecified atom stereocenters. The van der Waals surface area contributed by atoms with Gasteiger partial charge in [-0.3, -0.25) is 4.79 Å². The third kappa shape index (κ3) is 3.54. The van der Waals surface area contributed by atoms with Crippen LogP contribution in [0.1, 0.15) is 27.2 Å². The molecule has 0 bridgehead atoms. The van der Waals surface area contributed by atoms with Crippen LogP contribution in [0.25, 0.3) is 22.1 Å². The molecule has 3 aromatic carbocycles. The molecule has 4 aromatic rings. The van der Waals surface area contributed by atoms with Crippen molar-refractivity contribution in [3.63, 3.8) is 0 Å². The fraction of sp³-hybridized carbons (Fsp3) is 0.125. The zero-order valence-electron chi connectivity index (χ0n) is 15.8. The van der Waals surface area contributed by atoms with Crippen LogP contribution >= 0.6 is 0 Å². The number of hydrogen-bond donors (Lipinski definition) is 1. The maximum Gasteiger partial charge on any atom is 0.287 e. The van der Waals surface area contributed by atoms with E-state index in [0.717, 1.165) is 33.2 Å². The Hall–Kier alpha value is -3.40. The second-order valence-corrected chi connectivity index (χ2v) is 6.98. The van der Waals surface area contributed by atoms with Gasteiger partial charge in [0.15, 0.2) is 0 Å². The quantitative estimate of drug-likeness (QED) is 0.492. The fourth-order valence-electron chi connectivity index (χ4n) is 3.24. The highest BCUT2D eigenvalue weighted by atomic mass is 19.1. The first-order valence-corrected chi connectivity index (χ1v) is 9.14. The van der Waals surface area contributed by atoms with E-state index < -0.39 is 0 Å². The van der Waals surface area contributed by atoms with E-state index in [1.807, 2.05) is 56.3 Å². The van der Waals surface area contributed by atoms with E-state index >= 15 is 0 Å². The number of furan rings is 1. The summed E-state index contributed by atoms with van der Waals surface area (Å²) in [5.74, 6) is -0.315. The zero-order valence-corrected chi connectivity index (χ0v) is 15.8. The number of halogens is 1. The van der Waals surface area contributed by atoms with E-state index in [2.05, 4.69) is 5.32 Å². The molecule has 0 radical (unpaired) electrons. The minimum absolute atomic E-state index is 0.284. The van der Waals surface area contributed by atoms with Crippen molar-refractivity contribution in [1.29, 1.82) is 0 Å². The van der Waals surface area contributed by atoms with Gasteiger partial charge in [0.05, 0.1) is 0 Å². The lowest BCUT2D eigenvalue weighted by atomic mass is 9.99. The Bertz CT molecular complexity index is 1140. The van der Waals surface area contributed by atoms with Crippen molar-refractivity contribution in [2.75, 3.05) is 0 Å².